The molecule has 0 aliphatic heterocycles. The smallest absolute Gasteiger partial charge is 0.450 e. The molecule has 16 heteroatoms. The minimum absolute atomic E-state index is 0.0708. The molecule has 0 atom stereocenters. The number of amidine groups is 1. The topological polar surface area (TPSA) is 172 Å². The van der Waals surface area contributed by atoms with Gasteiger partial charge in [0, 0.05) is 17.8 Å². The highest BCUT2D eigenvalue weighted by molar-refractivity contribution is 6.31. The van der Waals surface area contributed by atoms with Crippen LogP contribution in [-0.4, -0.2) is 50.2 Å². The third-order valence-electron chi connectivity index (χ3n) is 4.82. The molecule has 0 saturated heterocycles. The normalized spacial score (nSPS) is 12.1. The Hall–Kier alpha value is -4.53. The molecule has 12 nitrogen and oxygen atoms in total. The Kier molecular flexibility index (Phi) is 8.62. The molecular weight excluding hydrogens is 531 g/mol. The van der Waals surface area contributed by atoms with E-state index in [1.165, 1.54) is 30.5 Å². The van der Waals surface area contributed by atoms with Crippen LogP contribution in [0, 0.1) is 6.92 Å². The van der Waals surface area contributed by atoms with E-state index in [0.717, 1.165) is 4.68 Å². The number of benzene rings is 1. The van der Waals surface area contributed by atoms with Crippen molar-refractivity contribution >= 4 is 34.9 Å². The number of amides is 2. The van der Waals surface area contributed by atoms with Gasteiger partial charge in [-0.15, -0.1) is 5.10 Å². The lowest BCUT2D eigenvalue weighted by atomic mass is 10.1. The van der Waals surface area contributed by atoms with Gasteiger partial charge in [-0.1, -0.05) is 11.6 Å². The Morgan fingerprint density at radius 2 is 1.97 bits per heavy atom. The summed E-state index contributed by atoms with van der Waals surface area (Å²) < 4.78 is 38.3. The summed E-state index contributed by atoms with van der Waals surface area (Å²) >= 11 is 6.11. The molecule has 0 saturated carbocycles. The second-order valence-corrected chi connectivity index (χ2v) is 8.05. The SMILES string of the molecule is CCNC(=O)c1cc(Cl)cc(C)c1NC(=O)c1cc(CN=NN=C(N)C(F)(F)F)nn1-c1ncccc1O. The maximum atomic E-state index is 13.4. The maximum absolute atomic E-state index is 13.4. The average Bonchev–Trinajstić information content (AvgIpc) is 3.27. The fraction of sp³-hybridized carbons (Fsp3) is 0.227. The van der Waals surface area contributed by atoms with Gasteiger partial charge in [-0.05, 0) is 55.0 Å². The van der Waals surface area contributed by atoms with E-state index in [-0.39, 0.29) is 45.8 Å². The molecule has 0 aliphatic carbocycles. The van der Waals surface area contributed by atoms with Crippen LogP contribution in [0.4, 0.5) is 18.9 Å². The third kappa shape index (κ3) is 6.61. The molecule has 5 N–H and O–H groups in total. The molecule has 0 unspecified atom stereocenters. The molecule has 0 fully saturated rings. The number of nitrogens with two attached hydrogens (primary N) is 1. The second-order valence-electron chi connectivity index (χ2n) is 7.61. The first-order valence-electron chi connectivity index (χ1n) is 10.8. The monoisotopic (exact) mass is 551 g/mol. The van der Waals surface area contributed by atoms with Gasteiger partial charge in [0.25, 0.3) is 11.8 Å². The number of nitrogens with zero attached hydrogens (tertiary/aromatic N) is 6. The molecule has 1 aromatic carbocycles. The van der Waals surface area contributed by atoms with Crippen molar-refractivity contribution < 1.29 is 27.9 Å². The van der Waals surface area contributed by atoms with Crippen LogP contribution in [0.2, 0.25) is 5.02 Å². The van der Waals surface area contributed by atoms with Gasteiger partial charge in [0.1, 0.15) is 12.2 Å². The van der Waals surface area contributed by atoms with Crippen molar-refractivity contribution in [1.82, 2.24) is 20.1 Å². The summed E-state index contributed by atoms with van der Waals surface area (Å²) in [6.07, 6.45) is -3.52. The first-order valence-corrected chi connectivity index (χ1v) is 11.2. The molecule has 0 aliphatic rings. The molecule has 0 spiro atoms. The van der Waals surface area contributed by atoms with E-state index in [1.807, 2.05) is 0 Å². The number of carbonyl (C=O) groups excluding carboxylic acids is 2. The van der Waals surface area contributed by atoms with Crippen molar-refractivity contribution in [2.24, 2.45) is 21.2 Å². The van der Waals surface area contributed by atoms with E-state index < -0.39 is 23.8 Å². The molecule has 38 heavy (non-hydrogen) atoms. The number of rotatable bonds is 8. The lowest BCUT2D eigenvalue weighted by Gasteiger charge is -2.15. The summed E-state index contributed by atoms with van der Waals surface area (Å²) in [6, 6.07) is 6.99. The minimum Gasteiger partial charge on any atom is -0.504 e. The summed E-state index contributed by atoms with van der Waals surface area (Å²) in [7, 11) is 0. The van der Waals surface area contributed by atoms with Crippen molar-refractivity contribution in [1.29, 1.82) is 0 Å². The zero-order valence-corrected chi connectivity index (χ0v) is 20.7. The van der Waals surface area contributed by atoms with Gasteiger partial charge >= 0.3 is 6.18 Å². The second kappa shape index (κ2) is 11.7. The van der Waals surface area contributed by atoms with Gasteiger partial charge in [-0.3, -0.25) is 9.59 Å². The highest BCUT2D eigenvalue weighted by atomic mass is 35.5. The summed E-state index contributed by atoms with van der Waals surface area (Å²) in [6.45, 7) is 3.32. The Balaban J connectivity index is 2.00. The highest BCUT2D eigenvalue weighted by Gasteiger charge is 2.34. The van der Waals surface area contributed by atoms with Gasteiger partial charge in [0.2, 0.25) is 5.84 Å². The number of anilines is 1. The first-order chi connectivity index (χ1) is 17.9. The number of halogens is 4. The van der Waals surface area contributed by atoms with E-state index in [1.54, 1.807) is 19.9 Å². The number of alkyl halides is 3. The number of hydrogen-bond acceptors (Lipinski definition) is 7. The quantitative estimate of drug-likeness (QED) is 0.144. The Labute approximate surface area is 218 Å². The Morgan fingerprint density at radius 3 is 2.63 bits per heavy atom. The number of nitrogens with one attached hydrogen (secondary N) is 2. The zero-order chi connectivity index (χ0) is 28.0. The van der Waals surface area contributed by atoms with Crippen molar-refractivity contribution in [3.8, 4) is 11.6 Å². The number of aryl methyl sites for hydroxylation is 1. The standard InChI is InChI=1S/C22H21ClF3N9O3/c1-3-28-19(37)14-8-12(23)7-11(2)17(14)31-20(38)15-9-13(10-30-34-32-21(27)22(24,25)26)33-35(15)18-16(36)5-4-6-29-18/h4-9,36H,3,10H2,1-2H3,(H,28,37)(H,31,38)(H2,27,30,32). The molecule has 2 aromatic heterocycles. The predicted octanol–water partition coefficient (Wildman–Crippen LogP) is 3.72. The first kappa shape index (κ1) is 28.0. The van der Waals surface area contributed by atoms with E-state index in [9.17, 15) is 27.9 Å². The van der Waals surface area contributed by atoms with Crippen LogP contribution in [0.15, 0.2) is 52.0 Å². The molecule has 3 rings (SSSR count). The summed E-state index contributed by atoms with van der Waals surface area (Å²) in [5.74, 6) is -3.33. The number of hydrogen-bond donors (Lipinski definition) is 4. The molecule has 2 amide bonds. The van der Waals surface area contributed by atoms with E-state index in [2.05, 4.69) is 36.2 Å². The van der Waals surface area contributed by atoms with E-state index in [0.29, 0.717) is 12.1 Å². The zero-order valence-electron chi connectivity index (χ0n) is 19.9. The summed E-state index contributed by atoms with van der Waals surface area (Å²) in [5.41, 5.74) is 5.49. The third-order valence-corrected chi connectivity index (χ3v) is 5.04. The summed E-state index contributed by atoms with van der Waals surface area (Å²) in [5, 5.41) is 29.3. The number of carbonyl (C=O) groups is 2. The van der Waals surface area contributed by atoms with Crippen LogP contribution in [-0.2, 0) is 6.54 Å². The largest absolute Gasteiger partial charge is 0.504 e. The van der Waals surface area contributed by atoms with Crippen LogP contribution in [0.1, 0.15) is 39.0 Å². The van der Waals surface area contributed by atoms with Gasteiger partial charge in [0.15, 0.2) is 11.6 Å². The van der Waals surface area contributed by atoms with Gasteiger partial charge in [0.05, 0.1) is 16.9 Å². The lowest BCUT2D eigenvalue weighted by molar-refractivity contribution is -0.0600. The van der Waals surface area contributed by atoms with E-state index in [4.69, 9.17) is 17.3 Å². The summed E-state index contributed by atoms with van der Waals surface area (Å²) in [4.78, 5) is 30.0. The van der Waals surface area contributed by atoms with Crippen molar-refractivity contribution in [3.63, 3.8) is 0 Å². The molecule has 200 valence electrons. The Morgan fingerprint density at radius 1 is 1.24 bits per heavy atom. The minimum atomic E-state index is -4.87. The molecule has 0 radical (unpaired) electrons. The van der Waals surface area contributed by atoms with Crippen LogP contribution in [0.5, 0.6) is 5.75 Å². The number of aromatic hydroxyl groups is 1. The number of aromatic nitrogens is 3. The number of pyridine rings is 1. The van der Waals surface area contributed by atoms with Crippen molar-refractivity contribution in [2.45, 2.75) is 26.6 Å². The van der Waals surface area contributed by atoms with Crippen LogP contribution < -0.4 is 16.4 Å². The van der Waals surface area contributed by atoms with Crippen LogP contribution in [0.25, 0.3) is 5.82 Å². The molecular formula is C22H21ClF3N9O3. The van der Waals surface area contributed by atoms with Crippen molar-refractivity contribution in [3.05, 3.63) is 64.1 Å². The lowest BCUT2D eigenvalue weighted by Crippen LogP contribution is -2.30. The van der Waals surface area contributed by atoms with Gasteiger partial charge in [-0.25, -0.2) is 9.67 Å². The van der Waals surface area contributed by atoms with Gasteiger partial charge in [-0.2, -0.15) is 23.4 Å². The highest BCUT2D eigenvalue weighted by Crippen LogP contribution is 2.27. The van der Waals surface area contributed by atoms with Crippen molar-refractivity contribution in [2.75, 3.05) is 11.9 Å². The van der Waals surface area contributed by atoms with Gasteiger partial charge < -0.3 is 21.5 Å². The predicted molar refractivity (Wildman–Crippen MR) is 131 cm³/mol. The van der Waals surface area contributed by atoms with E-state index >= 15 is 0 Å². The average molecular weight is 552 g/mol. The molecule has 0 bridgehead atoms. The molecule has 3 aromatic rings. The molecule has 2 heterocycles. The Bertz CT molecular complexity index is 1420. The van der Waals surface area contributed by atoms with Crippen LogP contribution >= 0.6 is 11.6 Å². The fourth-order valence-electron chi connectivity index (χ4n) is 3.14. The maximum Gasteiger partial charge on any atom is 0.450 e. The van der Waals surface area contributed by atoms with Crippen LogP contribution in [0.3, 0.4) is 0 Å². The fourth-order valence-corrected chi connectivity index (χ4v) is 3.42.